The molecule has 0 radical (unpaired) electrons. The van der Waals surface area contributed by atoms with E-state index in [0.29, 0.717) is 28.2 Å². The topological polar surface area (TPSA) is 166 Å². The van der Waals surface area contributed by atoms with Crippen LogP contribution in [0.3, 0.4) is 0 Å². The Balaban J connectivity index is 1.44. The summed E-state index contributed by atoms with van der Waals surface area (Å²) in [7, 11) is 0. The second kappa shape index (κ2) is 8.15. The molecular formula is C21H22N6O6. The van der Waals surface area contributed by atoms with Gasteiger partial charge in [-0.25, -0.2) is 15.0 Å². The van der Waals surface area contributed by atoms with Crippen LogP contribution in [0.25, 0.3) is 11.2 Å². The minimum atomic E-state index is -1.37. The molecule has 3 aromatic rings. The Hall–Kier alpha value is -3.45. The molecule has 4 N–H and O–H groups in total. The number of imidazole rings is 1. The van der Waals surface area contributed by atoms with E-state index in [9.17, 15) is 19.8 Å². The first-order chi connectivity index (χ1) is 16.0. The van der Waals surface area contributed by atoms with Gasteiger partial charge in [-0.3, -0.25) is 19.0 Å². The Bertz CT molecular complexity index is 1250. The minimum Gasteiger partial charge on any atom is -0.394 e. The summed E-state index contributed by atoms with van der Waals surface area (Å²) in [5, 5.41) is 21.5. The molecule has 2 aliphatic rings. The first-order valence-corrected chi connectivity index (χ1v) is 10.5. The van der Waals surface area contributed by atoms with Gasteiger partial charge in [0.15, 0.2) is 17.7 Å². The maximum atomic E-state index is 13.1. The van der Waals surface area contributed by atoms with Crippen LogP contribution in [0.1, 0.15) is 45.9 Å². The molecule has 12 nitrogen and oxygen atoms in total. The van der Waals surface area contributed by atoms with Crippen molar-refractivity contribution in [3.63, 3.8) is 0 Å². The molecule has 2 aromatic heterocycles. The Morgan fingerprint density at radius 3 is 2.79 bits per heavy atom. The summed E-state index contributed by atoms with van der Waals surface area (Å²) in [6, 6.07) is 5.08. The second-order valence-corrected chi connectivity index (χ2v) is 7.89. The summed E-state index contributed by atoms with van der Waals surface area (Å²) in [6.07, 6.45) is -0.608. The number of aromatic nitrogens is 4. The number of aliphatic hydroxyl groups is 2. The van der Waals surface area contributed by atoms with E-state index in [4.69, 9.17) is 15.3 Å². The lowest BCUT2D eigenvalue weighted by atomic mass is 9.99. The number of carbonyl (C=O) groups is 2. The third-order valence-corrected chi connectivity index (χ3v) is 5.86. The summed E-state index contributed by atoms with van der Waals surface area (Å²) in [5.74, 6) is -1.08. The summed E-state index contributed by atoms with van der Waals surface area (Å²) >= 11 is 0. The van der Waals surface area contributed by atoms with Gasteiger partial charge >= 0.3 is 0 Å². The van der Waals surface area contributed by atoms with Gasteiger partial charge in [0.05, 0.1) is 24.1 Å². The van der Waals surface area contributed by atoms with Gasteiger partial charge in [0.2, 0.25) is 0 Å². The zero-order valence-corrected chi connectivity index (χ0v) is 17.7. The number of anilines is 1. The predicted octanol–water partition coefficient (Wildman–Crippen LogP) is 0.208. The molecule has 172 valence electrons. The van der Waals surface area contributed by atoms with Gasteiger partial charge in [-0.1, -0.05) is 25.5 Å². The number of aryl methyl sites for hydroxylation is 1. The number of ether oxygens (including phenoxy) is 1. The number of carbonyl (C=O) groups excluding carboxylic acids is 2. The smallest absolute Gasteiger partial charge is 0.286 e. The number of rotatable bonds is 6. The Morgan fingerprint density at radius 2 is 2.03 bits per heavy atom. The van der Waals surface area contributed by atoms with E-state index in [-0.39, 0.29) is 11.4 Å². The molecule has 5 rings (SSSR count). The van der Waals surface area contributed by atoms with Crippen molar-refractivity contribution < 1.29 is 29.4 Å². The molecule has 0 unspecified atom stereocenters. The number of nitrogens with two attached hydrogens (primary N) is 1. The van der Waals surface area contributed by atoms with E-state index >= 15 is 0 Å². The molecule has 0 saturated carbocycles. The lowest BCUT2D eigenvalue weighted by Crippen LogP contribution is -2.44. The van der Waals surface area contributed by atoms with Crippen LogP contribution in [0.5, 0.6) is 0 Å². The van der Waals surface area contributed by atoms with E-state index in [2.05, 4.69) is 15.0 Å². The lowest BCUT2D eigenvalue weighted by Gasteiger charge is -2.23. The first-order valence-electron chi connectivity index (χ1n) is 10.5. The zero-order chi connectivity index (χ0) is 23.3. The highest BCUT2D eigenvalue weighted by atomic mass is 16.7. The number of hydroxylamine groups is 2. The van der Waals surface area contributed by atoms with Crippen molar-refractivity contribution >= 4 is 28.8 Å². The van der Waals surface area contributed by atoms with Gasteiger partial charge in [-0.2, -0.15) is 0 Å². The second-order valence-electron chi connectivity index (χ2n) is 7.89. The average molecular weight is 454 g/mol. The number of aliphatic hydroxyl groups excluding tert-OH is 2. The number of hydrogen-bond acceptors (Lipinski definition) is 10. The number of nitrogens with zero attached hydrogens (tertiary/aromatic N) is 5. The van der Waals surface area contributed by atoms with Crippen LogP contribution < -0.4 is 5.73 Å². The molecule has 4 heterocycles. The Morgan fingerprint density at radius 1 is 1.21 bits per heavy atom. The molecule has 1 saturated heterocycles. The van der Waals surface area contributed by atoms with Crippen LogP contribution in [0.2, 0.25) is 0 Å². The number of fused-ring (bicyclic) bond motifs is 2. The summed E-state index contributed by atoms with van der Waals surface area (Å²) in [6.45, 7) is 1.46. The highest BCUT2D eigenvalue weighted by molar-refractivity contribution is 6.21. The molecular weight excluding hydrogens is 432 g/mol. The molecule has 4 atom stereocenters. The molecule has 33 heavy (non-hydrogen) atoms. The van der Waals surface area contributed by atoms with Crippen molar-refractivity contribution in [1.29, 1.82) is 0 Å². The van der Waals surface area contributed by atoms with Crippen LogP contribution in [0, 0.1) is 0 Å². The predicted molar refractivity (Wildman–Crippen MR) is 113 cm³/mol. The van der Waals surface area contributed by atoms with Crippen molar-refractivity contribution in [3.05, 3.63) is 47.5 Å². The fraction of sp³-hybridized carbons (Fsp3) is 0.381. The molecule has 1 fully saturated rings. The minimum absolute atomic E-state index is 0.159. The highest BCUT2D eigenvalue weighted by Crippen LogP contribution is 2.36. The molecule has 0 spiro atoms. The number of amides is 2. The molecule has 2 aliphatic heterocycles. The quantitative estimate of drug-likeness (QED) is 0.438. The third-order valence-electron chi connectivity index (χ3n) is 5.86. The monoisotopic (exact) mass is 454 g/mol. The summed E-state index contributed by atoms with van der Waals surface area (Å²) < 4.78 is 7.23. The van der Waals surface area contributed by atoms with Gasteiger partial charge < -0.3 is 20.7 Å². The molecule has 1 aromatic carbocycles. The van der Waals surface area contributed by atoms with Crippen molar-refractivity contribution in [2.45, 2.75) is 44.3 Å². The van der Waals surface area contributed by atoms with E-state index in [1.54, 1.807) is 18.2 Å². The van der Waals surface area contributed by atoms with E-state index in [1.807, 2.05) is 6.92 Å². The van der Waals surface area contributed by atoms with Crippen LogP contribution >= 0.6 is 0 Å². The summed E-state index contributed by atoms with van der Waals surface area (Å²) in [4.78, 5) is 43.9. The van der Waals surface area contributed by atoms with Crippen LogP contribution in [0.4, 0.5) is 5.82 Å². The SMILES string of the molecule is CCCc1cccc2c1C(=O)N(O[C@H]1[C@@H](O)[C@H](n3cnc4c(N)ncnc43)O[C@@H]1CO)C2=O. The number of nitrogen functional groups attached to an aromatic ring is 1. The van der Waals surface area contributed by atoms with Crippen molar-refractivity contribution in [2.75, 3.05) is 12.3 Å². The van der Waals surface area contributed by atoms with Crippen molar-refractivity contribution in [2.24, 2.45) is 0 Å². The van der Waals surface area contributed by atoms with E-state index in [0.717, 1.165) is 12.0 Å². The van der Waals surface area contributed by atoms with E-state index < -0.39 is 43.0 Å². The maximum Gasteiger partial charge on any atom is 0.286 e. The molecule has 2 amide bonds. The van der Waals surface area contributed by atoms with Crippen molar-refractivity contribution in [3.8, 4) is 0 Å². The number of hydrogen-bond donors (Lipinski definition) is 3. The molecule has 12 heteroatoms. The fourth-order valence-corrected chi connectivity index (χ4v) is 4.31. The normalized spacial score (nSPS) is 24.8. The van der Waals surface area contributed by atoms with Gasteiger partial charge in [0.1, 0.15) is 30.2 Å². The molecule has 0 aliphatic carbocycles. The standard InChI is InChI=1S/C21H22N6O6/c1-2-4-10-5-3-6-11-13(10)20(31)27(19(11)30)33-16-12(7-28)32-21(15(16)29)26-9-25-14-17(22)23-8-24-18(14)26/h3,5-6,8-9,12,15-16,21,28-29H,2,4,7H2,1H3,(H2,22,23,24)/t12-,15-,16-,21-/m1/s1. The lowest BCUT2D eigenvalue weighted by molar-refractivity contribution is -0.170. The third kappa shape index (κ3) is 3.26. The first kappa shape index (κ1) is 21.4. The van der Waals surface area contributed by atoms with E-state index in [1.165, 1.54) is 17.2 Å². The van der Waals surface area contributed by atoms with Gasteiger partial charge in [0.25, 0.3) is 11.8 Å². The van der Waals surface area contributed by atoms with Crippen LogP contribution in [0.15, 0.2) is 30.9 Å². The Kier molecular flexibility index (Phi) is 5.29. The Labute approximate surface area is 187 Å². The average Bonchev–Trinajstić information content (AvgIpc) is 3.45. The summed E-state index contributed by atoms with van der Waals surface area (Å²) in [5.41, 5.74) is 7.74. The van der Waals surface area contributed by atoms with Gasteiger partial charge in [-0.05, 0) is 18.1 Å². The fourth-order valence-electron chi connectivity index (χ4n) is 4.31. The van der Waals surface area contributed by atoms with Crippen molar-refractivity contribution in [1.82, 2.24) is 24.6 Å². The zero-order valence-electron chi connectivity index (χ0n) is 17.7. The number of imide groups is 1. The number of benzene rings is 1. The van der Waals surface area contributed by atoms with Gasteiger partial charge in [0, 0.05) is 0 Å². The largest absolute Gasteiger partial charge is 0.394 e. The maximum absolute atomic E-state index is 13.1. The highest BCUT2D eigenvalue weighted by Gasteiger charge is 2.50. The van der Waals surface area contributed by atoms with Crippen LogP contribution in [-0.4, -0.2) is 71.5 Å². The van der Waals surface area contributed by atoms with Gasteiger partial charge in [-0.15, -0.1) is 5.06 Å². The molecule has 0 bridgehead atoms. The van der Waals surface area contributed by atoms with Crippen LogP contribution in [-0.2, 0) is 16.0 Å².